The Balaban J connectivity index is 1.32. The van der Waals surface area contributed by atoms with Gasteiger partial charge in [0.1, 0.15) is 6.04 Å². The van der Waals surface area contributed by atoms with E-state index in [1.54, 1.807) is 12.1 Å². The van der Waals surface area contributed by atoms with Crippen molar-refractivity contribution in [3.05, 3.63) is 102 Å². The highest BCUT2D eigenvalue weighted by Gasteiger charge is 2.86. The molecule has 0 aromatic heterocycles. The van der Waals surface area contributed by atoms with Crippen molar-refractivity contribution >= 4 is 34.7 Å². The number of imide groups is 1. The van der Waals surface area contributed by atoms with Gasteiger partial charge in [0.15, 0.2) is 5.78 Å². The third-order valence-electron chi connectivity index (χ3n) is 9.42. The normalized spacial score (nSPS) is 28.1. The summed E-state index contributed by atoms with van der Waals surface area (Å²) in [5.41, 5.74) is 7.04. The van der Waals surface area contributed by atoms with Gasteiger partial charge in [0.05, 0.1) is 28.6 Å². The van der Waals surface area contributed by atoms with Gasteiger partial charge >= 0.3 is 0 Å². The standard InChI is InChI=1S/C33H32N4O3/c1-32(2)19-24-25(29(38)33(32)26-27(33)31(40)36(30(26)39)22-11-7-5-8-12-22)28(20-15-17-21(18-16-20)35(3)4)37(34-24)23-13-9-6-10-14-23/h5-18,26-28,34H,19H2,1-4H3. The molecule has 1 saturated carbocycles. The summed E-state index contributed by atoms with van der Waals surface area (Å²) in [5, 5.41) is 2.06. The van der Waals surface area contributed by atoms with Gasteiger partial charge in [-0.2, -0.15) is 0 Å². The number of hydrogen-bond acceptors (Lipinski definition) is 6. The maximum absolute atomic E-state index is 14.8. The Hall–Kier alpha value is -4.39. The fraction of sp³-hybridized carbons (Fsp3) is 0.303. The molecule has 1 N–H and O–H groups in total. The topological polar surface area (TPSA) is 73.0 Å². The number of carbonyl (C=O) groups is 3. The van der Waals surface area contributed by atoms with Gasteiger partial charge in [-0.3, -0.25) is 19.4 Å². The van der Waals surface area contributed by atoms with Crippen LogP contribution in [-0.4, -0.2) is 31.7 Å². The maximum Gasteiger partial charge on any atom is 0.238 e. The van der Waals surface area contributed by atoms with Gasteiger partial charge in [0, 0.05) is 31.1 Å². The summed E-state index contributed by atoms with van der Waals surface area (Å²) >= 11 is 0. The Kier molecular flexibility index (Phi) is 5.12. The van der Waals surface area contributed by atoms with Crippen molar-refractivity contribution in [2.75, 3.05) is 28.9 Å². The minimum Gasteiger partial charge on any atom is -0.378 e. The molecule has 7 heteroatoms. The molecule has 202 valence electrons. The molecule has 40 heavy (non-hydrogen) atoms. The van der Waals surface area contributed by atoms with E-state index in [1.807, 2.05) is 81.4 Å². The number of rotatable bonds is 4. The van der Waals surface area contributed by atoms with E-state index in [2.05, 4.69) is 34.7 Å². The van der Waals surface area contributed by atoms with E-state index in [-0.39, 0.29) is 23.6 Å². The van der Waals surface area contributed by atoms with Crippen LogP contribution in [0, 0.1) is 22.7 Å². The van der Waals surface area contributed by atoms with Gasteiger partial charge in [0.2, 0.25) is 11.8 Å². The molecule has 7 nitrogen and oxygen atoms in total. The number of para-hydroxylation sites is 2. The second kappa shape index (κ2) is 8.31. The van der Waals surface area contributed by atoms with Gasteiger partial charge in [-0.15, -0.1) is 0 Å². The van der Waals surface area contributed by atoms with E-state index < -0.39 is 22.7 Å². The van der Waals surface area contributed by atoms with E-state index in [0.29, 0.717) is 17.7 Å². The summed E-state index contributed by atoms with van der Waals surface area (Å²) in [5.74, 6) is -1.87. The SMILES string of the molecule is CN(C)c1ccc(C2C3=C(CC(C)(C)C4(C3=O)C3C(=O)N(c5ccccc5)C(=O)C34)NN2c2ccccc2)cc1. The summed E-state index contributed by atoms with van der Waals surface area (Å²) in [4.78, 5) is 45.8. The molecule has 3 unspecified atom stereocenters. The van der Waals surface area contributed by atoms with Crippen LogP contribution in [0.5, 0.6) is 0 Å². The summed E-state index contributed by atoms with van der Waals surface area (Å²) in [6.07, 6.45) is 0.572. The second-order valence-corrected chi connectivity index (χ2v) is 12.2. The number of piperidine rings is 1. The molecule has 4 aliphatic rings. The molecule has 7 rings (SSSR count). The summed E-state index contributed by atoms with van der Waals surface area (Å²) in [6, 6.07) is 26.9. The number of hydrogen-bond donors (Lipinski definition) is 1. The Morgan fingerprint density at radius 3 is 1.88 bits per heavy atom. The lowest BCUT2D eigenvalue weighted by Gasteiger charge is -2.41. The van der Waals surface area contributed by atoms with E-state index >= 15 is 0 Å². The first-order chi connectivity index (χ1) is 19.2. The molecule has 1 saturated heterocycles. The van der Waals surface area contributed by atoms with E-state index in [4.69, 9.17) is 0 Å². The van der Waals surface area contributed by atoms with Crippen LogP contribution in [0.15, 0.2) is 96.2 Å². The van der Waals surface area contributed by atoms with Crippen molar-refractivity contribution in [2.24, 2.45) is 22.7 Å². The monoisotopic (exact) mass is 532 g/mol. The van der Waals surface area contributed by atoms with Gasteiger partial charge in [-0.05, 0) is 53.8 Å². The highest BCUT2D eigenvalue weighted by atomic mass is 16.2. The Bertz CT molecular complexity index is 1550. The van der Waals surface area contributed by atoms with Crippen molar-refractivity contribution in [1.82, 2.24) is 5.43 Å². The molecule has 3 aromatic rings. The number of nitrogens with zero attached hydrogens (tertiary/aromatic N) is 3. The van der Waals surface area contributed by atoms with Crippen LogP contribution < -0.4 is 20.2 Å². The first kappa shape index (κ1) is 24.6. The number of allylic oxidation sites excluding steroid dienone is 1. The predicted molar refractivity (Wildman–Crippen MR) is 154 cm³/mol. The Labute approximate surface area is 234 Å². The van der Waals surface area contributed by atoms with Gasteiger partial charge in [0.25, 0.3) is 0 Å². The minimum absolute atomic E-state index is 0.0734. The first-order valence-electron chi connectivity index (χ1n) is 13.8. The van der Waals surface area contributed by atoms with Gasteiger partial charge in [-0.1, -0.05) is 62.4 Å². The van der Waals surface area contributed by atoms with Crippen LogP contribution in [0.25, 0.3) is 0 Å². The largest absolute Gasteiger partial charge is 0.378 e. The molecule has 0 radical (unpaired) electrons. The molecule has 0 bridgehead atoms. The summed E-state index contributed by atoms with van der Waals surface area (Å²) in [6.45, 7) is 4.07. The van der Waals surface area contributed by atoms with E-state index in [1.165, 1.54) is 4.90 Å². The van der Waals surface area contributed by atoms with Crippen molar-refractivity contribution in [3.63, 3.8) is 0 Å². The maximum atomic E-state index is 14.8. The number of nitrogens with one attached hydrogen (secondary N) is 1. The van der Waals surface area contributed by atoms with Crippen LogP contribution in [0.2, 0.25) is 0 Å². The number of hydrazine groups is 1. The minimum atomic E-state index is -1.04. The van der Waals surface area contributed by atoms with E-state index in [9.17, 15) is 14.4 Å². The quantitative estimate of drug-likeness (QED) is 0.483. The summed E-state index contributed by atoms with van der Waals surface area (Å²) in [7, 11) is 4.00. The average Bonchev–Trinajstić information content (AvgIpc) is 3.44. The fourth-order valence-electron chi connectivity index (χ4n) is 7.56. The lowest BCUT2D eigenvalue weighted by Crippen LogP contribution is -2.49. The molecule has 3 aromatic carbocycles. The lowest BCUT2D eigenvalue weighted by atomic mass is 9.61. The molecule has 2 amide bonds. The number of anilines is 3. The smallest absolute Gasteiger partial charge is 0.238 e. The molecule has 1 spiro atoms. The summed E-state index contributed by atoms with van der Waals surface area (Å²) < 4.78 is 0. The third kappa shape index (κ3) is 3.09. The molecule has 2 heterocycles. The van der Waals surface area contributed by atoms with Gasteiger partial charge < -0.3 is 10.3 Å². The van der Waals surface area contributed by atoms with Crippen LogP contribution in [-0.2, 0) is 14.4 Å². The number of carbonyl (C=O) groups excluding carboxylic acids is 3. The number of amides is 2. The predicted octanol–water partition coefficient (Wildman–Crippen LogP) is 4.88. The third-order valence-corrected chi connectivity index (χ3v) is 9.42. The van der Waals surface area contributed by atoms with Crippen molar-refractivity contribution in [2.45, 2.75) is 26.3 Å². The van der Waals surface area contributed by atoms with Crippen molar-refractivity contribution in [3.8, 4) is 0 Å². The zero-order valence-corrected chi connectivity index (χ0v) is 23.1. The van der Waals surface area contributed by atoms with Crippen LogP contribution in [0.3, 0.4) is 0 Å². The molecule has 3 atom stereocenters. The van der Waals surface area contributed by atoms with Crippen LogP contribution in [0.4, 0.5) is 17.1 Å². The van der Waals surface area contributed by atoms with Crippen molar-refractivity contribution < 1.29 is 14.4 Å². The lowest BCUT2D eigenvalue weighted by molar-refractivity contribution is -0.136. The number of ketones is 1. The highest BCUT2D eigenvalue weighted by Crippen LogP contribution is 2.76. The number of benzene rings is 3. The van der Waals surface area contributed by atoms with Crippen LogP contribution in [0.1, 0.15) is 31.9 Å². The molecule has 2 aliphatic heterocycles. The first-order valence-corrected chi connectivity index (χ1v) is 13.8. The molecule has 2 aliphatic carbocycles. The second-order valence-electron chi connectivity index (χ2n) is 12.2. The van der Waals surface area contributed by atoms with Crippen molar-refractivity contribution in [1.29, 1.82) is 0 Å². The van der Waals surface area contributed by atoms with Crippen LogP contribution >= 0.6 is 0 Å². The highest BCUT2D eigenvalue weighted by molar-refractivity contribution is 6.30. The molecular formula is C33H32N4O3. The molecule has 2 fully saturated rings. The Morgan fingerprint density at radius 1 is 0.775 bits per heavy atom. The fourth-order valence-corrected chi connectivity index (χ4v) is 7.56. The zero-order chi connectivity index (χ0) is 28.0. The van der Waals surface area contributed by atoms with E-state index in [0.717, 1.165) is 22.6 Å². The number of fused-ring (bicyclic) bond motifs is 3. The molecular weight excluding hydrogens is 500 g/mol. The average molecular weight is 533 g/mol. The number of Topliss-reactive ketones (excluding diaryl/α,β-unsaturated/α-hetero) is 1. The zero-order valence-electron chi connectivity index (χ0n) is 23.1. The van der Waals surface area contributed by atoms with Gasteiger partial charge in [-0.25, -0.2) is 4.90 Å². The Morgan fingerprint density at radius 2 is 1.32 bits per heavy atom.